The smallest absolute Gasteiger partial charge is 0.236 e. The van der Waals surface area contributed by atoms with Crippen LogP contribution in [0.15, 0.2) is 52.6 Å². The van der Waals surface area contributed by atoms with E-state index < -0.39 is 0 Å². The van der Waals surface area contributed by atoms with E-state index >= 15 is 0 Å². The molecule has 2 aromatic heterocycles. The first-order chi connectivity index (χ1) is 23.6. The second kappa shape index (κ2) is 16.0. The molecule has 14 nitrogen and oxygen atoms in total. The Hall–Kier alpha value is -4.89. The third-order valence-corrected chi connectivity index (χ3v) is 9.54. The van der Waals surface area contributed by atoms with Gasteiger partial charge in [0.2, 0.25) is 11.8 Å². The van der Waals surface area contributed by atoms with Gasteiger partial charge in [0, 0.05) is 51.9 Å². The van der Waals surface area contributed by atoms with Gasteiger partial charge in [-0.2, -0.15) is 0 Å². The molecule has 49 heavy (non-hydrogen) atoms. The number of carbonyl (C=O) groups excluding carboxylic acids is 2. The average Bonchev–Trinajstić information content (AvgIpc) is 3.79. The van der Waals surface area contributed by atoms with E-state index in [1.165, 1.54) is 17.7 Å². The molecule has 5 N–H and O–H groups in total. The molecule has 0 spiro atoms. The number of likely N-dealkylation sites (tertiary alicyclic amines) is 1. The number of benzene rings is 1. The SMILES string of the molecule is CCN(C(=O)[C@@H]1CCN(CC(=O)N2CCN(c3ncc(C(N)=NC=NC)s3)CC2)C1)c1ccc(N)c(C(=N)c2ccc(OC(C)C)cc2)n1. The van der Waals surface area contributed by atoms with E-state index in [-0.39, 0.29) is 36.1 Å². The van der Waals surface area contributed by atoms with Crippen molar-refractivity contribution in [2.24, 2.45) is 21.6 Å². The molecule has 2 aliphatic heterocycles. The predicted molar refractivity (Wildman–Crippen MR) is 195 cm³/mol. The molecule has 1 atom stereocenters. The van der Waals surface area contributed by atoms with E-state index in [1.54, 1.807) is 42.4 Å². The molecule has 2 aliphatic rings. The lowest BCUT2D eigenvalue weighted by atomic mass is 10.0. The Morgan fingerprint density at radius 1 is 1.14 bits per heavy atom. The second-order valence-corrected chi connectivity index (χ2v) is 13.2. The second-order valence-electron chi connectivity index (χ2n) is 12.2. The monoisotopic (exact) mass is 687 g/mol. The van der Waals surface area contributed by atoms with E-state index in [0.29, 0.717) is 80.8 Å². The summed E-state index contributed by atoms with van der Waals surface area (Å²) in [7, 11) is 1.63. The van der Waals surface area contributed by atoms with Crippen molar-refractivity contribution in [1.29, 1.82) is 5.41 Å². The van der Waals surface area contributed by atoms with Gasteiger partial charge in [0.25, 0.3) is 0 Å². The summed E-state index contributed by atoms with van der Waals surface area (Å²) in [5.74, 6) is 1.28. The lowest BCUT2D eigenvalue weighted by Gasteiger charge is -2.35. The topological polar surface area (TPSA) is 183 Å². The number of rotatable bonds is 12. The average molecular weight is 688 g/mol. The molecule has 260 valence electrons. The number of pyridine rings is 1. The number of hydrogen-bond acceptors (Lipinski definition) is 11. The Balaban J connectivity index is 1.15. The number of amides is 2. The fourth-order valence-electron chi connectivity index (χ4n) is 5.90. The van der Waals surface area contributed by atoms with Crippen LogP contribution >= 0.6 is 11.3 Å². The van der Waals surface area contributed by atoms with Crippen molar-refractivity contribution >= 4 is 57.7 Å². The molecule has 0 bridgehead atoms. The van der Waals surface area contributed by atoms with Gasteiger partial charge in [0.05, 0.1) is 41.0 Å². The van der Waals surface area contributed by atoms with Crippen molar-refractivity contribution in [2.75, 3.05) is 74.9 Å². The summed E-state index contributed by atoms with van der Waals surface area (Å²) in [5, 5.41) is 9.66. The highest BCUT2D eigenvalue weighted by atomic mass is 32.1. The molecule has 0 unspecified atom stereocenters. The highest BCUT2D eigenvalue weighted by Crippen LogP contribution is 2.26. The Labute approximate surface area is 291 Å². The summed E-state index contributed by atoms with van der Waals surface area (Å²) >= 11 is 1.47. The molecule has 15 heteroatoms. The highest BCUT2D eigenvalue weighted by Gasteiger charge is 2.34. The van der Waals surface area contributed by atoms with E-state index in [4.69, 9.17) is 21.6 Å². The number of piperazine rings is 1. The van der Waals surface area contributed by atoms with Crippen molar-refractivity contribution in [3.8, 4) is 5.75 Å². The first-order valence-corrected chi connectivity index (χ1v) is 17.3. The van der Waals surface area contributed by atoms with Crippen LogP contribution in [0.3, 0.4) is 0 Å². The minimum absolute atomic E-state index is 0.0454. The van der Waals surface area contributed by atoms with Crippen LogP contribution in [0.4, 0.5) is 16.6 Å². The third kappa shape index (κ3) is 8.59. The molecule has 2 fully saturated rings. The Morgan fingerprint density at radius 3 is 2.55 bits per heavy atom. The molecule has 3 aromatic rings. The number of thiazole rings is 1. The molecular weight excluding hydrogens is 643 g/mol. The van der Waals surface area contributed by atoms with Gasteiger partial charge in [-0.25, -0.2) is 15.0 Å². The summed E-state index contributed by atoms with van der Waals surface area (Å²) < 4.78 is 5.72. The number of aliphatic imine (C=N–C) groups is 2. The van der Waals surface area contributed by atoms with Crippen LogP contribution < -0.4 is 26.0 Å². The highest BCUT2D eigenvalue weighted by molar-refractivity contribution is 7.17. The fraction of sp³-hybridized carbons (Fsp3) is 0.441. The van der Waals surface area contributed by atoms with E-state index in [1.807, 2.05) is 37.8 Å². The van der Waals surface area contributed by atoms with Gasteiger partial charge in [0.1, 0.15) is 29.4 Å². The lowest BCUT2D eigenvalue weighted by Crippen LogP contribution is -2.51. The fourth-order valence-corrected chi connectivity index (χ4v) is 6.78. The van der Waals surface area contributed by atoms with Crippen molar-refractivity contribution in [1.82, 2.24) is 19.8 Å². The molecule has 5 rings (SSSR count). The van der Waals surface area contributed by atoms with Gasteiger partial charge >= 0.3 is 0 Å². The van der Waals surface area contributed by atoms with Crippen LogP contribution in [0, 0.1) is 11.3 Å². The molecule has 0 radical (unpaired) electrons. The van der Waals surface area contributed by atoms with Crippen molar-refractivity contribution in [3.05, 3.63) is 58.7 Å². The number of nitrogen functional groups attached to an aromatic ring is 1. The van der Waals surface area contributed by atoms with Gasteiger partial charge in [-0.1, -0.05) is 11.3 Å². The lowest BCUT2D eigenvalue weighted by molar-refractivity contribution is -0.132. The summed E-state index contributed by atoms with van der Waals surface area (Å²) in [6.45, 7) is 10.2. The maximum absolute atomic E-state index is 13.8. The van der Waals surface area contributed by atoms with E-state index in [9.17, 15) is 9.59 Å². The number of anilines is 3. The molecule has 1 aromatic carbocycles. The molecule has 0 saturated carbocycles. The Bertz CT molecular complexity index is 1700. The Kier molecular flexibility index (Phi) is 11.6. The summed E-state index contributed by atoms with van der Waals surface area (Å²) in [5.41, 5.74) is 13.8. The summed E-state index contributed by atoms with van der Waals surface area (Å²) in [6.07, 6.45) is 3.82. The standard InChI is InChI=1S/C34H45N11O3S/c1-5-45(28-11-10-26(35)31(41-28)30(36)23-6-8-25(9-7-23)48-22(2)3)33(47)24-12-13-42(19-24)20-29(46)43-14-16-44(17-15-43)34-39-18-27(49-34)32(37)40-21-38-4/h6-11,18,21-22,24,36H,5,12-17,19-20,35H2,1-4H3,(H2,37,38,40)/t24-/m1/s1. The third-order valence-electron chi connectivity index (χ3n) is 8.46. The van der Waals surface area contributed by atoms with Gasteiger partial charge in [-0.05, 0) is 70.1 Å². The first-order valence-electron chi connectivity index (χ1n) is 16.5. The molecule has 0 aliphatic carbocycles. The molecular formula is C34H45N11O3S. The number of nitrogens with zero attached hydrogens (tertiary/aromatic N) is 8. The quantitative estimate of drug-likeness (QED) is 0.190. The van der Waals surface area contributed by atoms with Crippen LogP contribution in [0.1, 0.15) is 43.3 Å². The van der Waals surface area contributed by atoms with Gasteiger partial charge in [-0.15, -0.1) is 0 Å². The van der Waals surface area contributed by atoms with Crippen molar-refractivity contribution in [3.63, 3.8) is 0 Å². The zero-order chi connectivity index (χ0) is 35.1. The van der Waals surface area contributed by atoms with Crippen LogP contribution in [-0.4, -0.2) is 115 Å². The maximum atomic E-state index is 13.8. The van der Waals surface area contributed by atoms with Gasteiger partial charge < -0.3 is 26.0 Å². The number of carbonyl (C=O) groups is 2. The minimum Gasteiger partial charge on any atom is -0.491 e. The Morgan fingerprint density at radius 2 is 1.88 bits per heavy atom. The van der Waals surface area contributed by atoms with Crippen molar-refractivity contribution < 1.29 is 14.3 Å². The molecule has 2 saturated heterocycles. The normalized spacial score (nSPS) is 17.2. The maximum Gasteiger partial charge on any atom is 0.236 e. The predicted octanol–water partition coefficient (Wildman–Crippen LogP) is 2.71. The molecule has 2 amide bonds. The summed E-state index contributed by atoms with van der Waals surface area (Å²) in [4.78, 5) is 52.6. The number of nitrogens with one attached hydrogen (secondary N) is 1. The van der Waals surface area contributed by atoms with Crippen LogP contribution in [0.25, 0.3) is 0 Å². The summed E-state index contributed by atoms with van der Waals surface area (Å²) in [6, 6.07) is 10.7. The van der Waals surface area contributed by atoms with Crippen LogP contribution in [0.5, 0.6) is 5.75 Å². The minimum atomic E-state index is -0.265. The van der Waals surface area contributed by atoms with E-state index in [0.717, 1.165) is 15.8 Å². The molecule has 4 heterocycles. The van der Waals surface area contributed by atoms with Gasteiger partial charge in [-0.3, -0.25) is 29.8 Å². The van der Waals surface area contributed by atoms with Crippen molar-refractivity contribution in [2.45, 2.75) is 33.3 Å². The number of ether oxygens (including phenoxy) is 1. The number of amidine groups is 1. The number of hydrogen-bond donors (Lipinski definition) is 3. The van der Waals surface area contributed by atoms with Crippen LogP contribution in [-0.2, 0) is 9.59 Å². The van der Waals surface area contributed by atoms with Crippen LogP contribution in [0.2, 0.25) is 0 Å². The first kappa shape index (κ1) is 35.4. The largest absolute Gasteiger partial charge is 0.491 e. The number of nitrogens with two attached hydrogens (primary N) is 2. The zero-order valence-electron chi connectivity index (χ0n) is 28.5. The van der Waals surface area contributed by atoms with Gasteiger partial charge in [0.15, 0.2) is 5.13 Å². The van der Waals surface area contributed by atoms with E-state index in [2.05, 4.69) is 29.8 Å². The zero-order valence-corrected chi connectivity index (χ0v) is 29.3. The number of aromatic nitrogens is 2.